The van der Waals surface area contributed by atoms with Gasteiger partial charge in [0.2, 0.25) is 0 Å². The van der Waals surface area contributed by atoms with Crippen LogP contribution in [0.3, 0.4) is 0 Å². The topological polar surface area (TPSA) is 75.6 Å². The Morgan fingerprint density at radius 3 is 1.38 bits per heavy atom. The Kier molecular flexibility index (Phi) is 21.5. The lowest BCUT2D eigenvalue weighted by molar-refractivity contribution is -0.0999. The molecule has 0 radical (unpaired) electrons. The third-order valence-electron chi connectivity index (χ3n) is 6.56. The van der Waals surface area contributed by atoms with E-state index in [1.807, 2.05) is 34.6 Å². The number of ether oxygens (including phenoxy) is 6. The minimum Gasteiger partial charge on any atom is -0.491 e. The standard InChI is InChI=1S/C33H60O7/c1-8-9-10-11-12-13-14-15-32-16-18-33(19-17-32)40-25-31(7)39-24-30(6)38-23-29(5)37-22-28(4)36-21-27(3)35-20-26(2)34/h16-19,26-31,34H,8-15,20-25H2,1-7H3. The summed E-state index contributed by atoms with van der Waals surface area (Å²) in [5.41, 5.74) is 1.38. The van der Waals surface area contributed by atoms with E-state index in [0.29, 0.717) is 39.6 Å². The van der Waals surface area contributed by atoms with Gasteiger partial charge in [0.15, 0.2) is 0 Å². The Hall–Kier alpha value is -1.22. The van der Waals surface area contributed by atoms with Crippen molar-refractivity contribution in [3.05, 3.63) is 29.8 Å². The first kappa shape index (κ1) is 36.8. The quantitative estimate of drug-likeness (QED) is 0.124. The van der Waals surface area contributed by atoms with Crippen molar-refractivity contribution in [2.75, 3.05) is 39.6 Å². The van der Waals surface area contributed by atoms with Crippen LogP contribution in [-0.2, 0) is 30.1 Å². The van der Waals surface area contributed by atoms with Gasteiger partial charge in [0.25, 0.3) is 0 Å². The molecule has 1 aromatic carbocycles. The van der Waals surface area contributed by atoms with Gasteiger partial charge in [-0.25, -0.2) is 0 Å². The molecule has 0 spiro atoms. The highest BCUT2D eigenvalue weighted by Gasteiger charge is 2.13. The third-order valence-corrected chi connectivity index (χ3v) is 6.56. The molecule has 6 unspecified atom stereocenters. The molecular formula is C33H60O7. The summed E-state index contributed by atoms with van der Waals surface area (Å²) in [6.45, 7) is 16.6. The zero-order chi connectivity index (χ0) is 29.6. The van der Waals surface area contributed by atoms with Crippen molar-refractivity contribution >= 4 is 0 Å². The van der Waals surface area contributed by atoms with Gasteiger partial charge < -0.3 is 33.5 Å². The second-order valence-corrected chi connectivity index (χ2v) is 11.4. The van der Waals surface area contributed by atoms with Crippen LogP contribution >= 0.6 is 0 Å². The van der Waals surface area contributed by atoms with Gasteiger partial charge in [0.05, 0.1) is 69.7 Å². The van der Waals surface area contributed by atoms with E-state index < -0.39 is 6.10 Å². The number of hydrogen-bond donors (Lipinski definition) is 1. The van der Waals surface area contributed by atoms with Crippen LogP contribution < -0.4 is 4.74 Å². The smallest absolute Gasteiger partial charge is 0.119 e. The summed E-state index contributed by atoms with van der Waals surface area (Å²) < 4.78 is 34.9. The van der Waals surface area contributed by atoms with Crippen LogP contribution in [0.2, 0.25) is 0 Å². The first-order valence-electron chi connectivity index (χ1n) is 15.7. The van der Waals surface area contributed by atoms with Gasteiger partial charge in [-0.05, 0) is 72.1 Å². The Morgan fingerprint density at radius 2 is 0.925 bits per heavy atom. The third kappa shape index (κ3) is 20.6. The zero-order valence-electron chi connectivity index (χ0n) is 26.6. The Bertz CT molecular complexity index is 697. The summed E-state index contributed by atoms with van der Waals surface area (Å²) in [6.07, 6.45) is 9.79. The predicted molar refractivity (Wildman–Crippen MR) is 162 cm³/mol. The summed E-state index contributed by atoms with van der Waals surface area (Å²) in [5.74, 6) is 0.883. The highest BCUT2D eigenvalue weighted by Crippen LogP contribution is 2.16. The first-order chi connectivity index (χ1) is 19.2. The minimum absolute atomic E-state index is 0.0305. The first-order valence-corrected chi connectivity index (χ1v) is 15.7. The van der Waals surface area contributed by atoms with E-state index in [1.54, 1.807) is 6.92 Å². The summed E-state index contributed by atoms with van der Waals surface area (Å²) in [4.78, 5) is 0. The largest absolute Gasteiger partial charge is 0.491 e. The van der Waals surface area contributed by atoms with Gasteiger partial charge in [-0.2, -0.15) is 0 Å². The maximum Gasteiger partial charge on any atom is 0.119 e. The van der Waals surface area contributed by atoms with Gasteiger partial charge in [0, 0.05) is 0 Å². The highest BCUT2D eigenvalue weighted by atomic mass is 16.6. The van der Waals surface area contributed by atoms with Crippen molar-refractivity contribution in [2.24, 2.45) is 0 Å². The van der Waals surface area contributed by atoms with Gasteiger partial charge in [-0.1, -0.05) is 57.6 Å². The molecule has 0 aliphatic carbocycles. The normalized spacial score (nSPS) is 16.3. The van der Waals surface area contributed by atoms with Gasteiger partial charge in [-0.15, -0.1) is 0 Å². The van der Waals surface area contributed by atoms with E-state index >= 15 is 0 Å². The highest BCUT2D eigenvalue weighted by molar-refractivity contribution is 5.27. The Labute approximate surface area is 245 Å². The summed E-state index contributed by atoms with van der Waals surface area (Å²) >= 11 is 0. The molecule has 1 rings (SSSR count). The lowest BCUT2D eigenvalue weighted by Gasteiger charge is -2.22. The molecule has 1 aromatic rings. The molecule has 0 heterocycles. The molecule has 0 aromatic heterocycles. The van der Waals surface area contributed by atoms with Crippen molar-refractivity contribution in [1.29, 1.82) is 0 Å². The fraction of sp³-hybridized carbons (Fsp3) is 0.818. The van der Waals surface area contributed by atoms with Crippen LogP contribution in [-0.4, -0.2) is 81.4 Å². The van der Waals surface area contributed by atoms with Gasteiger partial charge in [-0.3, -0.25) is 0 Å². The van der Waals surface area contributed by atoms with E-state index in [9.17, 15) is 5.11 Å². The number of benzene rings is 1. The molecule has 0 amide bonds. The molecule has 7 nitrogen and oxygen atoms in total. The lowest BCUT2D eigenvalue weighted by atomic mass is 10.0. The molecule has 0 saturated carbocycles. The number of aliphatic hydroxyl groups excluding tert-OH is 1. The summed E-state index contributed by atoms with van der Waals surface area (Å²) in [5, 5.41) is 9.28. The number of aliphatic hydroxyl groups is 1. The minimum atomic E-state index is -0.472. The second-order valence-electron chi connectivity index (χ2n) is 11.4. The van der Waals surface area contributed by atoms with Crippen LogP contribution in [0.15, 0.2) is 24.3 Å². The maximum atomic E-state index is 9.28. The molecular weight excluding hydrogens is 508 g/mol. The second kappa shape index (κ2) is 23.4. The molecule has 0 aliphatic rings. The maximum absolute atomic E-state index is 9.28. The van der Waals surface area contributed by atoms with E-state index in [0.717, 1.165) is 12.2 Å². The van der Waals surface area contributed by atoms with Gasteiger partial charge in [0.1, 0.15) is 12.4 Å². The summed E-state index contributed by atoms with van der Waals surface area (Å²) in [6, 6.07) is 8.49. The SMILES string of the molecule is CCCCCCCCCc1ccc(OCC(C)OCC(C)OCC(C)OCC(C)OCC(C)OCC(C)O)cc1. The van der Waals surface area contributed by atoms with Crippen LogP contribution in [0.25, 0.3) is 0 Å². The average Bonchev–Trinajstić information content (AvgIpc) is 2.94. The Morgan fingerprint density at radius 1 is 0.525 bits per heavy atom. The van der Waals surface area contributed by atoms with E-state index in [1.165, 1.54) is 50.5 Å². The molecule has 234 valence electrons. The zero-order valence-corrected chi connectivity index (χ0v) is 26.6. The number of hydrogen-bond acceptors (Lipinski definition) is 7. The number of rotatable bonds is 26. The van der Waals surface area contributed by atoms with Crippen LogP contribution in [0.1, 0.15) is 99.0 Å². The van der Waals surface area contributed by atoms with Crippen molar-refractivity contribution < 1.29 is 33.5 Å². The monoisotopic (exact) mass is 568 g/mol. The fourth-order valence-corrected chi connectivity index (χ4v) is 4.00. The molecule has 40 heavy (non-hydrogen) atoms. The molecule has 0 aliphatic heterocycles. The molecule has 1 N–H and O–H groups in total. The van der Waals surface area contributed by atoms with Crippen LogP contribution in [0.5, 0.6) is 5.75 Å². The van der Waals surface area contributed by atoms with Crippen LogP contribution in [0, 0.1) is 0 Å². The van der Waals surface area contributed by atoms with E-state index in [4.69, 9.17) is 28.4 Å². The summed E-state index contributed by atoms with van der Waals surface area (Å²) in [7, 11) is 0. The molecule has 0 bridgehead atoms. The van der Waals surface area contributed by atoms with Crippen molar-refractivity contribution in [3.63, 3.8) is 0 Å². The Balaban J connectivity index is 2.10. The van der Waals surface area contributed by atoms with Crippen LogP contribution in [0.4, 0.5) is 0 Å². The van der Waals surface area contributed by atoms with Gasteiger partial charge >= 0.3 is 0 Å². The van der Waals surface area contributed by atoms with Crippen molar-refractivity contribution in [2.45, 2.75) is 136 Å². The predicted octanol–water partition coefficient (Wildman–Crippen LogP) is 6.76. The van der Waals surface area contributed by atoms with E-state index in [2.05, 4.69) is 31.2 Å². The molecule has 6 atom stereocenters. The number of unbranched alkanes of at least 4 members (excludes halogenated alkanes) is 6. The van der Waals surface area contributed by atoms with Crippen molar-refractivity contribution in [3.8, 4) is 5.75 Å². The average molecular weight is 569 g/mol. The lowest BCUT2D eigenvalue weighted by Crippen LogP contribution is -2.29. The molecule has 7 heteroatoms. The fourth-order valence-electron chi connectivity index (χ4n) is 4.00. The number of aryl methyl sites for hydroxylation is 1. The molecule has 0 fully saturated rings. The molecule has 0 saturated heterocycles. The van der Waals surface area contributed by atoms with E-state index in [-0.39, 0.29) is 30.5 Å². The van der Waals surface area contributed by atoms with Crippen molar-refractivity contribution in [1.82, 2.24) is 0 Å².